The quantitative estimate of drug-likeness (QED) is 0.890. The zero-order valence-corrected chi connectivity index (χ0v) is 12.4. The first-order valence-electron chi connectivity index (χ1n) is 6.72. The molecule has 4 heteroatoms. The first-order chi connectivity index (χ1) is 9.61. The maximum Gasteiger partial charge on any atom is 0.141 e. The monoisotopic (exact) mass is 292 g/mol. The molecule has 2 nitrogen and oxygen atoms in total. The summed E-state index contributed by atoms with van der Waals surface area (Å²) >= 11 is 5.89. The van der Waals surface area contributed by atoms with E-state index in [4.69, 9.17) is 11.6 Å². The lowest BCUT2D eigenvalue weighted by Gasteiger charge is -2.19. The molecular formula is C16H18ClFN2. The van der Waals surface area contributed by atoms with Crippen LogP contribution < -0.4 is 5.32 Å². The Hall–Kier alpha value is -1.45. The van der Waals surface area contributed by atoms with Crippen LogP contribution in [0.5, 0.6) is 0 Å². The van der Waals surface area contributed by atoms with Crippen molar-refractivity contribution in [1.82, 2.24) is 10.3 Å². The largest absolute Gasteiger partial charge is 0.306 e. The van der Waals surface area contributed by atoms with E-state index in [2.05, 4.69) is 17.2 Å². The zero-order valence-electron chi connectivity index (χ0n) is 11.7. The van der Waals surface area contributed by atoms with Crippen LogP contribution in [0.4, 0.5) is 4.39 Å². The van der Waals surface area contributed by atoms with Gasteiger partial charge in [0, 0.05) is 11.9 Å². The summed E-state index contributed by atoms with van der Waals surface area (Å²) in [6.45, 7) is 4.93. The van der Waals surface area contributed by atoms with E-state index >= 15 is 0 Å². The predicted octanol–water partition coefficient (Wildman–Crippen LogP) is 4.27. The van der Waals surface area contributed by atoms with Gasteiger partial charge in [0.2, 0.25) is 0 Å². The average molecular weight is 293 g/mol. The van der Waals surface area contributed by atoms with Gasteiger partial charge in [-0.2, -0.15) is 0 Å². The predicted molar refractivity (Wildman–Crippen MR) is 80.5 cm³/mol. The van der Waals surface area contributed by atoms with E-state index in [0.29, 0.717) is 0 Å². The second-order valence-electron chi connectivity index (χ2n) is 4.79. The van der Waals surface area contributed by atoms with E-state index in [1.807, 2.05) is 25.3 Å². The highest BCUT2D eigenvalue weighted by Crippen LogP contribution is 2.25. The maximum absolute atomic E-state index is 13.3. The average Bonchev–Trinajstić information content (AvgIpc) is 2.45. The zero-order chi connectivity index (χ0) is 14.5. The lowest BCUT2D eigenvalue weighted by molar-refractivity contribution is 0.591. The van der Waals surface area contributed by atoms with Gasteiger partial charge in [-0.25, -0.2) is 4.39 Å². The minimum Gasteiger partial charge on any atom is -0.306 e. The number of nitrogens with one attached hydrogen (secondary N) is 1. The lowest BCUT2D eigenvalue weighted by atomic mass is 9.99. The molecule has 1 atom stereocenters. The number of rotatable bonds is 5. The van der Waals surface area contributed by atoms with Gasteiger partial charge in [-0.15, -0.1) is 0 Å². The Morgan fingerprint density at radius 1 is 1.25 bits per heavy atom. The SMILES string of the molecule is CCCNC(c1ccc(C)nc1)c1ccc(F)c(Cl)c1. The van der Waals surface area contributed by atoms with Crippen LogP contribution in [0, 0.1) is 12.7 Å². The Balaban J connectivity index is 2.35. The highest BCUT2D eigenvalue weighted by Gasteiger charge is 2.15. The first kappa shape index (κ1) is 14.9. The molecule has 0 radical (unpaired) electrons. The fourth-order valence-electron chi connectivity index (χ4n) is 2.06. The second kappa shape index (κ2) is 6.82. The molecule has 0 aliphatic heterocycles. The molecule has 0 spiro atoms. The van der Waals surface area contributed by atoms with E-state index in [1.54, 1.807) is 12.1 Å². The van der Waals surface area contributed by atoms with Gasteiger partial charge in [0.25, 0.3) is 0 Å². The molecule has 0 fully saturated rings. The molecule has 0 saturated carbocycles. The van der Waals surface area contributed by atoms with Gasteiger partial charge in [0.1, 0.15) is 5.82 Å². The molecule has 0 aliphatic carbocycles. The van der Waals surface area contributed by atoms with Gasteiger partial charge < -0.3 is 5.32 Å². The first-order valence-corrected chi connectivity index (χ1v) is 7.10. The molecule has 1 heterocycles. The van der Waals surface area contributed by atoms with E-state index in [-0.39, 0.29) is 11.1 Å². The second-order valence-corrected chi connectivity index (χ2v) is 5.20. The van der Waals surface area contributed by atoms with Gasteiger partial charge >= 0.3 is 0 Å². The molecule has 106 valence electrons. The number of aromatic nitrogens is 1. The number of aryl methyl sites for hydroxylation is 1. The summed E-state index contributed by atoms with van der Waals surface area (Å²) in [5.74, 6) is -0.397. The Bertz CT molecular complexity index is 569. The van der Waals surface area contributed by atoms with Crippen molar-refractivity contribution < 1.29 is 4.39 Å². The van der Waals surface area contributed by atoms with Crippen molar-refractivity contribution >= 4 is 11.6 Å². The summed E-state index contributed by atoms with van der Waals surface area (Å²) in [6, 6.07) is 8.81. The number of pyridine rings is 1. The molecular weight excluding hydrogens is 275 g/mol. The third-order valence-corrected chi connectivity index (χ3v) is 3.43. The molecule has 0 amide bonds. The van der Waals surface area contributed by atoms with Crippen molar-refractivity contribution in [2.75, 3.05) is 6.54 Å². The van der Waals surface area contributed by atoms with Crippen LogP contribution in [-0.4, -0.2) is 11.5 Å². The molecule has 1 aromatic carbocycles. The third-order valence-electron chi connectivity index (χ3n) is 3.14. The molecule has 2 aromatic rings. The summed E-state index contributed by atoms with van der Waals surface area (Å²) in [7, 11) is 0. The van der Waals surface area contributed by atoms with Gasteiger partial charge in [-0.3, -0.25) is 4.98 Å². The Morgan fingerprint density at radius 3 is 2.60 bits per heavy atom. The molecule has 1 N–H and O–H groups in total. The fraction of sp³-hybridized carbons (Fsp3) is 0.312. The van der Waals surface area contributed by atoms with E-state index < -0.39 is 5.82 Å². The van der Waals surface area contributed by atoms with Gasteiger partial charge in [0.15, 0.2) is 0 Å². The van der Waals surface area contributed by atoms with E-state index in [9.17, 15) is 4.39 Å². The van der Waals surface area contributed by atoms with Crippen molar-refractivity contribution in [3.8, 4) is 0 Å². The molecule has 1 unspecified atom stereocenters. The number of hydrogen-bond acceptors (Lipinski definition) is 2. The van der Waals surface area contributed by atoms with Gasteiger partial charge in [0.05, 0.1) is 11.1 Å². The van der Waals surface area contributed by atoms with Crippen molar-refractivity contribution in [1.29, 1.82) is 0 Å². The number of hydrogen-bond donors (Lipinski definition) is 1. The highest BCUT2D eigenvalue weighted by atomic mass is 35.5. The van der Waals surface area contributed by atoms with Gasteiger partial charge in [-0.1, -0.05) is 30.7 Å². The number of halogens is 2. The molecule has 0 bridgehead atoms. The summed E-state index contributed by atoms with van der Waals surface area (Å²) in [5, 5.41) is 3.59. The third kappa shape index (κ3) is 3.56. The van der Waals surface area contributed by atoms with Crippen molar-refractivity contribution in [2.45, 2.75) is 26.3 Å². The van der Waals surface area contributed by atoms with E-state index in [1.165, 1.54) is 6.07 Å². The lowest BCUT2D eigenvalue weighted by Crippen LogP contribution is -2.23. The number of benzene rings is 1. The van der Waals surface area contributed by atoms with Crippen molar-refractivity contribution in [3.05, 3.63) is 64.2 Å². The topological polar surface area (TPSA) is 24.9 Å². The Morgan fingerprint density at radius 2 is 2.00 bits per heavy atom. The summed E-state index contributed by atoms with van der Waals surface area (Å²) in [6.07, 6.45) is 2.87. The molecule has 0 aliphatic rings. The van der Waals surface area contributed by atoms with Crippen LogP contribution in [0.2, 0.25) is 5.02 Å². The van der Waals surface area contributed by atoms with Crippen molar-refractivity contribution in [2.24, 2.45) is 0 Å². The highest BCUT2D eigenvalue weighted by molar-refractivity contribution is 6.30. The van der Waals surface area contributed by atoms with Crippen LogP contribution in [0.3, 0.4) is 0 Å². The van der Waals surface area contributed by atoms with Crippen molar-refractivity contribution in [3.63, 3.8) is 0 Å². The summed E-state index contributed by atoms with van der Waals surface area (Å²) < 4.78 is 13.3. The van der Waals surface area contributed by atoms with Crippen LogP contribution >= 0.6 is 11.6 Å². The number of nitrogens with zero attached hydrogens (tertiary/aromatic N) is 1. The minimum atomic E-state index is -0.397. The maximum atomic E-state index is 13.3. The normalized spacial score (nSPS) is 12.4. The van der Waals surface area contributed by atoms with Crippen LogP contribution in [-0.2, 0) is 0 Å². The molecule has 0 saturated heterocycles. The minimum absolute atomic E-state index is 0.0267. The molecule has 2 rings (SSSR count). The fourth-order valence-corrected chi connectivity index (χ4v) is 2.25. The Labute approximate surface area is 124 Å². The van der Waals surface area contributed by atoms with Crippen LogP contribution in [0.25, 0.3) is 0 Å². The molecule has 20 heavy (non-hydrogen) atoms. The van der Waals surface area contributed by atoms with Crippen LogP contribution in [0.1, 0.15) is 36.2 Å². The van der Waals surface area contributed by atoms with Gasteiger partial charge in [-0.05, 0) is 49.2 Å². The Kier molecular flexibility index (Phi) is 5.10. The standard InChI is InChI=1S/C16H18ClFN2/c1-3-8-19-16(13-5-4-11(2)20-10-13)12-6-7-15(18)14(17)9-12/h4-7,9-10,16,19H,3,8H2,1-2H3. The summed E-state index contributed by atoms with van der Waals surface area (Å²) in [5.41, 5.74) is 2.96. The summed E-state index contributed by atoms with van der Waals surface area (Å²) in [4.78, 5) is 4.33. The van der Waals surface area contributed by atoms with E-state index in [0.717, 1.165) is 29.8 Å². The van der Waals surface area contributed by atoms with Crippen LogP contribution in [0.15, 0.2) is 36.5 Å². The smallest absolute Gasteiger partial charge is 0.141 e. The molecule has 1 aromatic heterocycles.